The van der Waals surface area contributed by atoms with E-state index in [0.717, 1.165) is 35.0 Å². The summed E-state index contributed by atoms with van der Waals surface area (Å²) in [7, 11) is 1.01. The molecule has 44 heavy (non-hydrogen) atoms. The SMILES string of the molecule is CNC(=O)c1c(-c2ccc(F)cc2)oc2cc(N(Cc3ccc(B4OC(C)(C)C(C)(C)O4)c(C)c3)S(=O)[O-])c(C3CC3)cc12. The van der Waals surface area contributed by atoms with E-state index >= 15 is 0 Å². The molecule has 1 unspecified atom stereocenters. The van der Waals surface area contributed by atoms with Gasteiger partial charge in [0.05, 0.1) is 29.0 Å². The third kappa shape index (κ3) is 5.47. The lowest BCUT2D eigenvalue weighted by Gasteiger charge is -2.32. The van der Waals surface area contributed by atoms with Gasteiger partial charge in [-0.3, -0.25) is 13.3 Å². The molecule has 1 aliphatic heterocycles. The van der Waals surface area contributed by atoms with Crippen molar-refractivity contribution in [1.82, 2.24) is 5.32 Å². The fourth-order valence-corrected chi connectivity index (χ4v) is 6.27. The number of furan rings is 1. The van der Waals surface area contributed by atoms with Gasteiger partial charge in [-0.15, -0.1) is 0 Å². The van der Waals surface area contributed by atoms with Gasteiger partial charge < -0.3 is 23.6 Å². The molecule has 0 radical (unpaired) electrons. The minimum Gasteiger partial charge on any atom is -0.755 e. The number of fused-ring (bicyclic) bond motifs is 1. The lowest BCUT2D eigenvalue weighted by atomic mass is 9.76. The molecule has 6 rings (SSSR count). The molecule has 1 saturated heterocycles. The van der Waals surface area contributed by atoms with Crippen molar-refractivity contribution >= 4 is 46.4 Å². The summed E-state index contributed by atoms with van der Waals surface area (Å²) in [5, 5.41) is 3.25. The van der Waals surface area contributed by atoms with Crippen molar-refractivity contribution in [3.63, 3.8) is 0 Å². The van der Waals surface area contributed by atoms with Crippen molar-refractivity contribution in [3.05, 3.63) is 82.7 Å². The quantitative estimate of drug-likeness (QED) is 0.196. The van der Waals surface area contributed by atoms with E-state index in [0.29, 0.717) is 33.5 Å². The summed E-state index contributed by atoms with van der Waals surface area (Å²) in [5.41, 5.74) is 4.25. The highest BCUT2D eigenvalue weighted by Gasteiger charge is 2.52. The summed E-state index contributed by atoms with van der Waals surface area (Å²) in [6, 6.07) is 15.1. The number of halogens is 1. The van der Waals surface area contributed by atoms with Crippen molar-refractivity contribution < 1.29 is 31.7 Å². The van der Waals surface area contributed by atoms with Crippen LogP contribution in [0.25, 0.3) is 22.3 Å². The molecule has 2 aliphatic rings. The van der Waals surface area contributed by atoms with Crippen molar-refractivity contribution in [3.8, 4) is 11.3 Å². The molecule has 3 aromatic carbocycles. The van der Waals surface area contributed by atoms with E-state index in [-0.39, 0.29) is 18.4 Å². The molecule has 230 valence electrons. The van der Waals surface area contributed by atoms with Gasteiger partial charge in [-0.05, 0) is 100 Å². The Morgan fingerprint density at radius 2 is 1.73 bits per heavy atom. The van der Waals surface area contributed by atoms with Gasteiger partial charge in [-0.1, -0.05) is 23.8 Å². The number of carbonyl (C=O) groups is 1. The van der Waals surface area contributed by atoms with Crippen LogP contribution in [0.15, 0.2) is 59.0 Å². The predicted octanol–water partition coefficient (Wildman–Crippen LogP) is 5.88. The van der Waals surface area contributed by atoms with Gasteiger partial charge in [0, 0.05) is 35.3 Å². The summed E-state index contributed by atoms with van der Waals surface area (Å²) < 4.78 is 59.2. The van der Waals surface area contributed by atoms with Crippen LogP contribution >= 0.6 is 0 Å². The van der Waals surface area contributed by atoms with E-state index in [4.69, 9.17) is 13.7 Å². The molecule has 2 heterocycles. The molecule has 1 atom stereocenters. The summed E-state index contributed by atoms with van der Waals surface area (Å²) in [4.78, 5) is 13.1. The summed E-state index contributed by atoms with van der Waals surface area (Å²) in [6.07, 6.45) is 1.83. The average Bonchev–Trinajstić information content (AvgIpc) is 3.70. The van der Waals surface area contributed by atoms with Crippen LogP contribution in [0.5, 0.6) is 0 Å². The van der Waals surface area contributed by atoms with Gasteiger partial charge in [0.25, 0.3) is 5.91 Å². The maximum atomic E-state index is 13.7. The fraction of sp³-hybridized carbons (Fsp3) is 0.364. The monoisotopic (exact) mass is 617 g/mol. The summed E-state index contributed by atoms with van der Waals surface area (Å²) in [6.45, 7) is 10.1. The Hall–Kier alpha value is -3.51. The highest BCUT2D eigenvalue weighted by molar-refractivity contribution is 7.80. The zero-order chi connectivity index (χ0) is 31.6. The predicted molar refractivity (Wildman–Crippen MR) is 169 cm³/mol. The van der Waals surface area contributed by atoms with E-state index in [1.54, 1.807) is 18.2 Å². The zero-order valence-electron chi connectivity index (χ0n) is 25.7. The Morgan fingerprint density at radius 3 is 2.30 bits per heavy atom. The second kappa shape index (κ2) is 11.1. The second-order valence-corrected chi connectivity index (χ2v) is 13.5. The number of rotatable bonds is 8. The number of hydrogen-bond donors (Lipinski definition) is 1. The number of nitrogens with one attached hydrogen (secondary N) is 1. The Balaban J connectivity index is 1.39. The van der Waals surface area contributed by atoms with E-state index in [1.807, 2.05) is 58.9 Å². The lowest BCUT2D eigenvalue weighted by Crippen LogP contribution is -2.41. The maximum Gasteiger partial charge on any atom is 0.495 e. The van der Waals surface area contributed by atoms with Crippen LogP contribution < -0.4 is 15.1 Å². The number of anilines is 1. The fourth-order valence-electron chi connectivity index (χ4n) is 5.70. The van der Waals surface area contributed by atoms with Gasteiger partial charge in [-0.2, -0.15) is 0 Å². The first-order chi connectivity index (χ1) is 20.8. The number of aryl methyl sites for hydroxylation is 1. The molecule has 1 N–H and O–H groups in total. The highest BCUT2D eigenvalue weighted by atomic mass is 32.2. The maximum absolute atomic E-state index is 13.7. The third-order valence-corrected chi connectivity index (χ3v) is 9.72. The van der Waals surface area contributed by atoms with Crippen LogP contribution in [-0.4, -0.2) is 40.0 Å². The van der Waals surface area contributed by atoms with E-state index < -0.39 is 35.4 Å². The molecule has 2 fully saturated rings. The second-order valence-electron chi connectivity index (χ2n) is 12.6. The molecular formula is C33H35BFN2O6S-. The Labute approximate surface area is 259 Å². The van der Waals surface area contributed by atoms with Crippen LogP contribution in [-0.2, 0) is 27.1 Å². The van der Waals surface area contributed by atoms with Crippen LogP contribution in [0.4, 0.5) is 10.1 Å². The zero-order valence-corrected chi connectivity index (χ0v) is 26.5. The largest absolute Gasteiger partial charge is 0.755 e. The van der Waals surface area contributed by atoms with Gasteiger partial charge in [0.2, 0.25) is 0 Å². The Kier molecular flexibility index (Phi) is 7.72. The molecule has 1 aromatic heterocycles. The van der Waals surface area contributed by atoms with Crippen molar-refractivity contribution in [1.29, 1.82) is 0 Å². The first-order valence-electron chi connectivity index (χ1n) is 14.7. The number of carbonyl (C=O) groups excluding carboxylic acids is 1. The molecular weight excluding hydrogens is 582 g/mol. The molecule has 4 aromatic rings. The van der Waals surface area contributed by atoms with Gasteiger partial charge in [-0.25, -0.2) is 4.39 Å². The first-order valence-corrected chi connectivity index (χ1v) is 15.7. The molecule has 1 aliphatic carbocycles. The molecule has 0 bridgehead atoms. The van der Waals surface area contributed by atoms with Crippen LogP contribution in [0.3, 0.4) is 0 Å². The van der Waals surface area contributed by atoms with E-state index in [9.17, 15) is 17.9 Å². The van der Waals surface area contributed by atoms with Crippen LogP contribution in [0, 0.1) is 12.7 Å². The highest BCUT2D eigenvalue weighted by Crippen LogP contribution is 2.48. The molecule has 1 amide bonds. The normalized spacial score (nSPS) is 18.0. The van der Waals surface area contributed by atoms with Crippen LogP contribution in [0.1, 0.15) is 73.5 Å². The number of hydrogen-bond acceptors (Lipinski definition) is 6. The van der Waals surface area contributed by atoms with Gasteiger partial charge in [0.15, 0.2) is 0 Å². The average molecular weight is 618 g/mol. The smallest absolute Gasteiger partial charge is 0.495 e. The molecule has 11 heteroatoms. The topological polar surface area (TPSA) is 104 Å². The lowest BCUT2D eigenvalue weighted by molar-refractivity contribution is 0.00578. The van der Waals surface area contributed by atoms with E-state index in [2.05, 4.69) is 5.32 Å². The van der Waals surface area contributed by atoms with Crippen molar-refractivity contribution in [2.45, 2.75) is 71.1 Å². The Bertz CT molecular complexity index is 1770. The molecule has 0 spiro atoms. The number of nitrogens with zero attached hydrogens (tertiary/aromatic N) is 1. The number of amides is 1. The van der Waals surface area contributed by atoms with Crippen LogP contribution in [0.2, 0.25) is 0 Å². The van der Waals surface area contributed by atoms with Gasteiger partial charge >= 0.3 is 7.12 Å². The third-order valence-electron chi connectivity index (χ3n) is 9.03. The molecule has 8 nitrogen and oxygen atoms in total. The standard InChI is InChI=1S/C33H36BFN2O6S/c1-19-15-20(7-14-26(19)34-42-32(2,3)33(4,5)43-34)18-37(44(39)40)27-17-28-25(16-24(27)21-8-9-21)29(31(38)36-6)30(41-28)22-10-12-23(35)13-11-22/h7,10-17,21H,8-9,18H2,1-6H3,(H,36,38)(H,39,40)/p-1. The summed E-state index contributed by atoms with van der Waals surface area (Å²) in [5.74, 6) is -0.298. The van der Waals surface area contributed by atoms with Crippen molar-refractivity contribution in [2.75, 3.05) is 11.4 Å². The van der Waals surface area contributed by atoms with Crippen molar-refractivity contribution in [2.24, 2.45) is 0 Å². The van der Waals surface area contributed by atoms with E-state index in [1.165, 1.54) is 23.5 Å². The Morgan fingerprint density at radius 1 is 1.07 bits per heavy atom. The first kappa shape index (κ1) is 30.5. The minimum absolute atomic E-state index is 0.0969. The minimum atomic E-state index is -2.61. The van der Waals surface area contributed by atoms with Gasteiger partial charge in [0.1, 0.15) is 17.2 Å². The summed E-state index contributed by atoms with van der Waals surface area (Å²) >= 11 is -2.61. The molecule has 1 saturated carbocycles. The number of benzene rings is 3.